The third kappa shape index (κ3) is 3.20. The number of benzene rings is 1. The lowest BCUT2D eigenvalue weighted by molar-refractivity contribution is 0.0873. The van der Waals surface area contributed by atoms with Crippen LogP contribution in [0.5, 0.6) is 0 Å². The highest BCUT2D eigenvalue weighted by Crippen LogP contribution is 2.26. The van der Waals surface area contributed by atoms with Gasteiger partial charge in [0.05, 0.1) is 23.7 Å². The number of nitrogen functional groups attached to an aromatic ring is 1. The Morgan fingerprint density at radius 1 is 1.29 bits per heavy atom. The molecular weight excluding hydrogens is 328 g/mol. The first-order valence-electron chi connectivity index (χ1n) is 7.76. The molecule has 1 aromatic carbocycles. The quantitative estimate of drug-likeness (QED) is 0.840. The number of anilines is 1. The SMILES string of the molecule is CS(=O)(=O)N1CCC[C@H](C(=O)c2cnn(-c3ccccc3)c2N)C1. The maximum atomic E-state index is 12.8. The predicted molar refractivity (Wildman–Crippen MR) is 91.4 cm³/mol. The van der Waals surface area contributed by atoms with Gasteiger partial charge in [-0.2, -0.15) is 5.10 Å². The molecule has 1 atom stereocenters. The highest BCUT2D eigenvalue weighted by molar-refractivity contribution is 7.88. The van der Waals surface area contributed by atoms with Gasteiger partial charge in [0.2, 0.25) is 10.0 Å². The number of Topliss-reactive ketones (excluding diaryl/α,β-unsaturated/α-hetero) is 1. The number of sulfonamides is 1. The number of carbonyl (C=O) groups excluding carboxylic acids is 1. The number of para-hydroxylation sites is 1. The van der Waals surface area contributed by atoms with Crippen molar-refractivity contribution in [3.63, 3.8) is 0 Å². The summed E-state index contributed by atoms with van der Waals surface area (Å²) in [7, 11) is -3.29. The van der Waals surface area contributed by atoms with Crippen molar-refractivity contribution in [1.29, 1.82) is 0 Å². The summed E-state index contributed by atoms with van der Waals surface area (Å²) in [6.07, 6.45) is 3.95. The van der Waals surface area contributed by atoms with E-state index in [1.54, 1.807) is 0 Å². The zero-order chi connectivity index (χ0) is 17.3. The van der Waals surface area contributed by atoms with Gasteiger partial charge in [0.25, 0.3) is 0 Å². The normalized spacial score (nSPS) is 19.3. The van der Waals surface area contributed by atoms with Gasteiger partial charge in [-0.25, -0.2) is 17.4 Å². The van der Waals surface area contributed by atoms with Crippen molar-refractivity contribution in [2.24, 2.45) is 5.92 Å². The average molecular weight is 348 g/mol. The molecule has 1 fully saturated rings. The Labute approximate surface area is 141 Å². The lowest BCUT2D eigenvalue weighted by Crippen LogP contribution is -2.41. The summed E-state index contributed by atoms with van der Waals surface area (Å²) in [5.41, 5.74) is 7.23. The van der Waals surface area contributed by atoms with E-state index in [2.05, 4.69) is 5.10 Å². The first kappa shape index (κ1) is 16.7. The minimum Gasteiger partial charge on any atom is -0.383 e. The highest BCUT2D eigenvalue weighted by Gasteiger charge is 2.32. The molecule has 24 heavy (non-hydrogen) atoms. The predicted octanol–water partition coefficient (Wildman–Crippen LogP) is 1.31. The molecule has 1 saturated heterocycles. The molecule has 0 aliphatic carbocycles. The third-order valence-corrected chi connectivity index (χ3v) is 5.57. The number of aromatic nitrogens is 2. The van der Waals surface area contributed by atoms with Crippen molar-refractivity contribution in [3.8, 4) is 5.69 Å². The zero-order valence-corrected chi connectivity index (χ0v) is 14.2. The summed E-state index contributed by atoms with van der Waals surface area (Å²) in [6.45, 7) is 0.662. The first-order chi connectivity index (χ1) is 11.4. The molecule has 1 aliphatic heterocycles. The van der Waals surface area contributed by atoms with Crippen molar-refractivity contribution in [2.75, 3.05) is 25.1 Å². The Balaban J connectivity index is 1.85. The second kappa shape index (κ2) is 6.37. The molecule has 1 aromatic heterocycles. The van der Waals surface area contributed by atoms with Crippen molar-refractivity contribution in [2.45, 2.75) is 12.8 Å². The molecule has 1 aliphatic rings. The van der Waals surface area contributed by atoms with E-state index >= 15 is 0 Å². The van der Waals surface area contributed by atoms with Crippen LogP contribution in [0.15, 0.2) is 36.5 Å². The van der Waals surface area contributed by atoms with Crippen LogP contribution in [0.1, 0.15) is 23.2 Å². The van der Waals surface area contributed by atoms with E-state index in [9.17, 15) is 13.2 Å². The Hall–Kier alpha value is -2.19. The van der Waals surface area contributed by atoms with Crippen molar-refractivity contribution in [3.05, 3.63) is 42.1 Å². The minimum atomic E-state index is -3.29. The van der Waals surface area contributed by atoms with E-state index < -0.39 is 10.0 Å². The molecule has 3 rings (SSSR count). The number of nitrogens with two attached hydrogens (primary N) is 1. The lowest BCUT2D eigenvalue weighted by atomic mass is 9.92. The fraction of sp³-hybridized carbons (Fsp3) is 0.375. The Morgan fingerprint density at radius 2 is 2.00 bits per heavy atom. The molecule has 8 heteroatoms. The standard InChI is InChI=1S/C16H20N4O3S/c1-24(22,23)19-9-5-6-12(11-19)15(21)14-10-18-20(16(14)17)13-7-3-2-4-8-13/h2-4,7-8,10,12H,5-6,9,11,17H2,1H3/t12-/m0/s1. The van der Waals surface area contributed by atoms with Gasteiger partial charge >= 0.3 is 0 Å². The first-order valence-corrected chi connectivity index (χ1v) is 9.61. The van der Waals surface area contributed by atoms with Gasteiger partial charge in [-0.1, -0.05) is 18.2 Å². The zero-order valence-electron chi connectivity index (χ0n) is 13.4. The second-order valence-electron chi connectivity index (χ2n) is 6.02. The maximum absolute atomic E-state index is 12.8. The van der Waals surface area contributed by atoms with Gasteiger partial charge in [-0.05, 0) is 25.0 Å². The third-order valence-electron chi connectivity index (χ3n) is 4.30. The molecule has 7 nitrogen and oxygen atoms in total. The number of hydrogen-bond acceptors (Lipinski definition) is 5. The van der Waals surface area contributed by atoms with Crippen molar-refractivity contribution < 1.29 is 13.2 Å². The summed E-state index contributed by atoms with van der Waals surface area (Å²) in [4.78, 5) is 12.8. The van der Waals surface area contributed by atoms with Crippen LogP contribution < -0.4 is 5.73 Å². The van der Waals surface area contributed by atoms with Crippen LogP contribution in [0, 0.1) is 5.92 Å². The van der Waals surface area contributed by atoms with Gasteiger partial charge in [-0.3, -0.25) is 4.79 Å². The molecule has 0 amide bonds. The smallest absolute Gasteiger partial charge is 0.211 e. The molecule has 2 N–H and O–H groups in total. The number of piperidine rings is 1. The number of ketones is 1. The maximum Gasteiger partial charge on any atom is 0.211 e. The van der Waals surface area contributed by atoms with E-state index in [1.165, 1.54) is 21.4 Å². The van der Waals surface area contributed by atoms with E-state index in [-0.39, 0.29) is 24.1 Å². The van der Waals surface area contributed by atoms with E-state index in [0.29, 0.717) is 24.9 Å². The monoisotopic (exact) mass is 348 g/mol. The Kier molecular flexibility index (Phi) is 4.42. The van der Waals surface area contributed by atoms with Gasteiger partial charge in [0.1, 0.15) is 5.82 Å². The van der Waals surface area contributed by atoms with E-state index in [1.807, 2.05) is 30.3 Å². The van der Waals surface area contributed by atoms with E-state index in [4.69, 9.17) is 5.73 Å². The van der Waals surface area contributed by atoms with Gasteiger partial charge in [0, 0.05) is 19.0 Å². The molecule has 2 heterocycles. The summed E-state index contributed by atoms with van der Waals surface area (Å²) < 4.78 is 26.3. The Morgan fingerprint density at radius 3 is 2.67 bits per heavy atom. The van der Waals surface area contributed by atoms with Gasteiger partial charge in [-0.15, -0.1) is 0 Å². The van der Waals surface area contributed by atoms with Crippen LogP contribution in [-0.2, 0) is 10.0 Å². The number of carbonyl (C=O) groups is 1. The molecule has 0 unspecified atom stereocenters. The molecule has 0 saturated carbocycles. The van der Waals surface area contributed by atoms with Crippen molar-refractivity contribution >= 4 is 21.6 Å². The second-order valence-corrected chi connectivity index (χ2v) is 8.00. The number of hydrogen-bond donors (Lipinski definition) is 1. The van der Waals surface area contributed by atoms with Crippen LogP contribution >= 0.6 is 0 Å². The molecular formula is C16H20N4O3S. The number of rotatable bonds is 4. The fourth-order valence-electron chi connectivity index (χ4n) is 3.00. The van der Waals surface area contributed by atoms with E-state index in [0.717, 1.165) is 5.69 Å². The fourth-order valence-corrected chi connectivity index (χ4v) is 3.91. The van der Waals surface area contributed by atoms with Crippen LogP contribution in [0.4, 0.5) is 5.82 Å². The number of nitrogens with zero attached hydrogens (tertiary/aromatic N) is 3. The van der Waals surface area contributed by atoms with Crippen LogP contribution in [-0.4, -0.2) is 47.6 Å². The largest absolute Gasteiger partial charge is 0.383 e. The summed E-state index contributed by atoms with van der Waals surface area (Å²) in [6, 6.07) is 9.32. The molecule has 0 bridgehead atoms. The summed E-state index contributed by atoms with van der Waals surface area (Å²) >= 11 is 0. The Bertz CT molecular complexity index is 845. The van der Waals surface area contributed by atoms with Gasteiger partial charge < -0.3 is 5.73 Å². The topological polar surface area (TPSA) is 98.3 Å². The molecule has 0 radical (unpaired) electrons. The average Bonchev–Trinajstić information content (AvgIpc) is 2.96. The van der Waals surface area contributed by atoms with Crippen LogP contribution in [0.25, 0.3) is 5.69 Å². The van der Waals surface area contributed by atoms with Crippen LogP contribution in [0.2, 0.25) is 0 Å². The molecule has 128 valence electrons. The molecule has 2 aromatic rings. The minimum absolute atomic E-state index is 0.150. The highest BCUT2D eigenvalue weighted by atomic mass is 32.2. The lowest BCUT2D eigenvalue weighted by Gasteiger charge is -2.29. The van der Waals surface area contributed by atoms with Crippen LogP contribution in [0.3, 0.4) is 0 Å². The van der Waals surface area contributed by atoms with Crippen molar-refractivity contribution in [1.82, 2.24) is 14.1 Å². The summed E-state index contributed by atoms with van der Waals surface area (Å²) in [5, 5.41) is 4.21. The van der Waals surface area contributed by atoms with Gasteiger partial charge in [0.15, 0.2) is 5.78 Å². The summed E-state index contributed by atoms with van der Waals surface area (Å²) in [5.74, 6) is -0.255. The molecule has 0 spiro atoms.